The van der Waals surface area contributed by atoms with Crippen molar-refractivity contribution in [2.24, 2.45) is 0 Å². The highest BCUT2D eigenvalue weighted by Crippen LogP contribution is 2.30. The van der Waals surface area contributed by atoms with Gasteiger partial charge in [0, 0.05) is 6.08 Å². The van der Waals surface area contributed by atoms with Gasteiger partial charge in [0.25, 0.3) is 0 Å². The van der Waals surface area contributed by atoms with Gasteiger partial charge in [0.15, 0.2) is 0 Å². The van der Waals surface area contributed by atoms with Gasteiger partial charge in [-0.15, -0.1) is 0 Å². The molecule has 0 bridgehead atoms. The van der Waals surface area contributed by atoms with Crippen LogP contribution in [0.2, 0.25) is 0 Å². The second-order valence-corrected chi connectivity index (χ2v) is 5.68. The van der Waals surface area contributed by atoms with E-state index in [9.17, 15) is 22.8 Å². The summed E-state index contributed by atoms with van der Waals surface area (Å²) in [6.45, 7) is 0.0345. The van der Waals surface area contributed by atoms with E-state index in [1.807, 2.05) is 30.3 Å². The topological polar surface area (TPSA) is 67.4 Å². The first-order chi connectivity index (χ1) is 13.3. The van der Waals surface area contributed by atoms with Gasteiger partial charge in [-0.25, -0.2) is 0 Å². The van der Waals surface area contributed by atoms with Crippen molar-refractivity contribution in [1.82, 2.24) is 10.6 Å². The Morgan fingerprint density at radius 1 is 0.964 bits per heavy atom. The summed E-state index contributed by atoms with van der Waals surface area (Å²) in [5, 5.41) is 4.98. The normalized spacial score (nSPS) is 11.2. The highest BCUT2D eigenvalue weighted by molar-refractivity contribution is 5.94. The average molecular weight is 392 g/mol. The molecule has 8 heteroatoms. The van der Waals surface area contributed by atoms with Crippen LogP contribution in [-0.4, -0.2) is 31.5 Å². The number of halogens is 3. The number of nitrogens with one attached hydrogen (secondary N) is 2. The van der Waals surface area contributed by atoms with Crippen LogP contribution >= 0.6 is 0 Å². The van der Waals surface area contributed by atoms with Gasteiger partial charge in [0.1, 0.15) is 12.4 Å². The number of benzene rings is 2. The standard InChI is InChI=1S/C20H19F3N2O3/c21-20(22,23)16-7-9-17(10-8-16)28-13-12-24-19(27)14-25-18(26)11-6-15-4-2-1-3-5-15/h1-11H,12-14H2,(H,24,27)(H,25,26)/b11-6+. The quantitative estimate of drug-likeness (QED) is 0.536. The summed E-state index contributed by atoms with van der Waals surface area (Å²) < 4.78 is 42.6. The first-order valence-corrected chi connectivity index (χ1v) is 8.42. The molecule has 0 aliphatic heterocycles. The van der Waals surface area contributed by atoms with Gasteiger partial charge in [0.2, 0.25) is 11.8 Å². The van der Waals surface area contributed by atoms with E-state index in [1.54, 1.807) is 6.08 Å². The number of hydrogen-bond donors (Lipinski definition) is 2. The molecule has 0 atom stereocenters. The summed E-state index contributed by atoms with van der Waals surface area (Å²) >= 11 is 0. The molecule has 2 aromatic rings. The molecule has 148 valence electrons. The molecule has 0 heterocycles. The van der Waals surface area contributed by atoms with Gasteiger partial charge in [-0.3, -0.25) is 9.59 Å². The van der Waals surface area contributed by atoms with E-state index in [4.69, 9.17) is 4.74 Å². The summed E-state index contributed by atoms with van der Waals surface area (Å²) in [7, 11) is 0. The molecule has 28 heavy (non-hydrogen) atoms. The van der Waals surface area contributed by atoms with Crippen molar-refractivity contribution in [3.8, 4) is 5.75 Å². The van der Waals surface area contributed by atoms with Crippen molar-refractivity contribution in [3.05, 3.63) is 71.8 Å². The van der Waals surface area contributed by atoms with Gasteiger partial charge in [0.05, 0.1) is 18.7 Å². The Labute approximate surface area is 160 Å². The third-order valence-corrected chi connectivity index (χ3v) is 3.52. The molecule has 2 amide bonds. The van der Waals surface area contributed by atoms with Crippen LogP contribution in [-0.2, 0) is 15.8 Å². The van der Waals surface area contributed by atoms with Gasteiger partial charge in [-0.2, -0.15) is 13.2 Å². The van der Waals surface area contributed by atoms with E-state index in [2.05, 4.69) is 10.6 Å². The third-order valence-electron chi connectivity index (χ3n) is 3.52. The van der Waals surface area contributed by atoms with Crippen molar-refractivity contribution in [1.29, 1.82) is 0 Å². The molecular weight excluding hydrogens is 373 g/mol. The fourth-order valence-electron chi connectivity index (χ4n) is 2.12. The molecule has 0 saturated carbocycles. The lowest BCUT2D eigenvalue weighted by Crippen LogP contribution is -2.37. The van der Waals surface area contributed by atoms with Crippen LogP contribution in [0, 0.1) is 0 Å². The number of rotatable bonds is 8. The molecule has 2 N–H and O–H groups in total. The summed E-state index contributed by atoms with van der Waals surface area (Å²) in [4.78, 5) is 23.3. The lowest BCUT2D eigenvalue weighted by molar-refractivity contribution is -0.137. The predicted molar refractivity (Wildman–Crippen MR) is 98.4 cm³/mol. The number of carbonyl (C=O) groups excluding carboxylic acids is 2. The van der Waals surface area contributed by atoms with Crippen LogP contribution in [0.25, 0.3) is 6.08 Å². The molecule has 0 aromatic heterocycles. The van der Waals surface area contributed by atoms with Crippen LogP contribution in [0.3, 0.4) is 0 Å². The monoisotopic (exact) mass is 392 g/mol. The molecule has 0 fully saturated rings. The minimum absolute atomic E-state index is 0.0823. The molecule has 0 unspecified atom stereocenters. The van der Waals surface area contributed by atoms with Crippen molar-refractivity contribution in [2.75, 3.05) is 19.7 Å². The smallest absolute Gasteiger partial charge is 0.416 e. The molecule has 0 radical (unpaired) electrons. The summed E-state index contributed by atoms with van der Waals surface area (Å²) in [5.41, 5.74) is 0.104. The second kappa shape index (κ2) is 10.1. The van der Waals surface area contributed by atoms with Crippen molar-refractivity contribution < 1.29 is 27.5 Å². The lowest BCUT2D eigenvalue weighted by atomic mass is 10.2. The van der Waals surface area contributed by atoms with Gasteiger partial charge in [-0.1, -0.05) is 30.3 Å². The van der Waals surface area contributed by atoms with E-state index in [1.165, 1.54) is 18.2 Å². The maximum absolute atomic E-state index is 12.5. The average Bonchev–Trinajstić information content (AvgIpc) is 2.68. The summed E-state index contributed by atoms with van der Waals surface area (Å²) in [6, 6.07) is 13.5. The zero-order valence-electron chi connectivity index (χ0n) is 14.8. The van der Waals surface area contributed by atoms with E-state index in [0.717, 1.165) is 17.7 Å². The zero-order chi connectivity index (χ0) is 20.4. The Bertz CT molecular complexity index is 804. The number of ether oxygens (including phenoxy) is 1. The maximum atomic E-state index is 12.5. The van der Waals surface area contributed by atoms with E-state index in [0.29, 0.717) is 0 Å². The van der Waals surface area contributed by atoms with E-state index >= 15 is 0 Å². The van der Waals surface area contributed by atoms with E-state index < -0.39 is 23.6 Å². The van der Waals surface area contributed by atoms with Crippen LogP contribution in [0.15, 0.2) is 60.7 Å². The Balaban J connectivity index is 1.62. The zero-order valence-corrected chi connectivity index (χ0v) is 14.8. The van der Waals surface area contributed by atoms with Crippen molar-refractivity contribution in [2.45, 2.75) is 6.18 Å². The highest BCUT2D eigenvalue weighted by atomic mass is 19.4. The largest absolute Gasteiger partial charge is 0.492 e. The number of hydrogen-bond acceptors (Lipinski definition) is 3. The molecule has 5 nitrogen and oxygen atoms in total. The SMILES string of the molecule is O=C(/C=C/c1ccccc1)NCC(=O)NCCOc1ccc(C(F)(F)F)cc1. The van der Waals surface area contributed by atoms with Crippen LogP contribution in [0.4, 0.5) is 13.2 Å². The molecule has 2 aromatic carbocycles. The molecule has 0 aliphatic rings. The second-order valence-electron chi connectivity index (χ2n) is 5.68. The number of alkyl halides is 3. The lowest BCUT2D eigenvalue weighted by Gasteiger charge is -2.10. The van der Waals surface area contributed by atoms with Crippen molar-refractivity contribution in [3.63, 3.8) is 0 Å². The Kier molecular flexibility index (Phi) is 7.62. The molecule has 2 rings (SSSR count). The highest BCUT2D eigenvalue weighted by Gasteiger charge is 2.29. The molecule has 0 saturated heterocycles. The number of amides is 2. The third kappa shape index (κ3) is 7.53. The van der Waals surface area contributed by atoms with Gasteiger partial charge < -0.3 is 15.4 Å². The molecule has 0 spiro atoms. The van der Waals surface area contributed by atoms with Gasteiger partial charge >= 0.3 is 6.18 Å². The minimum atomic E-state index is -4.40. The first-order valence-electron chi connectivity index (χ1n) is 8.42. The summed E-state index contributed by atoms with van der Waals surface area (Å²) in [6.07, 6.45) is -1.44. The fraction of sp³-hybridized carbons (Fsp3) is 0.200. The predicted octanol–water partition coefficient (Wildman–Crippen LogP) is 3.03. The van der Waals surface area contributed by atoms with Crippen LogP contribution in [0.5, 0.6) is 5.75 Å². The molecular formula is C20H19F3N2O3. The van der Waals surface area contributed by atoms with Gasteiger partial charge in [-0.05, 0) is 35.9 Å². The molecule has 0 aliphatic carbocycles. The minimum Gasteiger partial charge on any atom is -0.492 e. The van der Waals surface area contributed by atoms with Crippen LogP contribution in [0.1, 0.15) is 11.1 Å². The van der Waals surface area contributed by atoms with Crippen LogP contribution < -0.4 is 15.4 Å². The fourth-order valence-corrected chi connectivity index (χ4v) is 2.12. The number of carbonyl (C=O) groups is 2. The maximum Gasteiger partial charge on any atom is 0.416 e. The van der Waals surface area contributed by atoms with E-state index in [-0.39, 0.29) is 25.4 Å². The summed E-state index contributed by atoms with van der Waals surface area (Å²) in [5.74, 6) is -0.543. The Hall–Kier alpha value is -3.29. The Morgan fingerprint density at radius 2 is 1.64 bits per heavy atom. The Morgan fingerprint density at radius 3 is 2.29 bits per heavy atom. The van der Waals surface area contributed by atoms with Crippen molar-refractivity contribution >= 4 is 17.9 Å². The first kappa shape index (κ1) is 21.0.